The van der Waals surface area contributed by atoms with Gasteiger partial charge in [-0.2, -0.15) is 0 Å². The number of nitrogens with two attached hydrogens (primary N) is 1. The van der Waals surface area contributed by atoms with Crippen molar-refractivity contribution in [2.24, 2.45) is 11.7 Å². The molecule has 3 heteroatoms. The average Bonchev–Trinajstić information content (AvgIpc) is 2.53. The van der Waals surface area contributed by atoms with Gasteiger partial charge in [-0.15, -0.1) is 0 Å². The van der Waals surface area contributed by atoms with Gasteiger partial charge in [0, 0.05) is 12.7 Å². The van der Waals surface area contributed by atoms with Crippen LogP contribution < -0.4 is 5.73 Å². The highest BCUT2D eigenvalue weighted by Gasteiger charge is 2.11. The third kappa shape index (κ3) is 1.88. The Morgan fingerprint density at radius 2 is 2.20 bits per heavy atom. The molecule has 0 aliphatic rings. The molecule has 0 spiro atoms. The van der Waals surface area contributed by atoms with Gasteiger partial charge in [0.25, 0.3) is 0 Å². The number of hydrogen-bond acceptors (Lipinski definition) is 2. The monoisotopic (exact) mass is 203 g/mol. The van der Waals surface area contributed by atoms with E-state index in [1.165, 1.54) is 0 Å². The average molecular weight is 203 g/mol. The van der Waals surface area contributed by atoms with Gasteiger partial charge in [0.2, 0.25) is 0 Å². The summed E-state index contributed by atoms with van der Waals surface area (Å²) in [6.45, 7) is 4.95. The van der Waals surface area contributed by atoms with E-state index in [-0.39, 0.29) is 0 Å². The number of nitrogens with zero attached hydrogens (tertiary/aromatic N) is 2. The highest BCUT2D eigenvalue weighted by atomic mass is 15.0. The number of hydrogen-bond donors (Lipinski definition) is 1. The van der Waals surface area contributed by atoms with Crippen LogP contribution in [-0.4, -0.2) is 9.38 Å². The number of rotatable bonds is 3. The smallest absolute Gasteiger partial charge is 0.137 e. The van der Waals surface area contributed by atoms with Crippen LogP contribution in [0.2, 0.25) is 0 Å². The number of fused-ring (bicyclic) bond motifs is 1. The third-order valence-electron chi connectivity index (χ3n) is 2.51. The van der Waals surface area contributed by atoms with E-state index in [1.807, 2.05) is 24.4 Å². The van der Waals surface area contributed by atoms with E-state index in [9.17, 15) is 0 Å². The van der Waals surface area contributed by atoms with E-state index < -0.39 is 0 Å². The quantitative estimate of drug-likeness (QED) is 0.829. The molecule has 15 heavy (non-hydrogen) atoms. The zero-order valence-corrected chi connectivity index (χ0v) is 9.27. The van der Waals surface area contributed by atoms with Gasteiger partial charge in [-0.3, -0.25) is 0 Å². The van der Waals surface area contributed by atoms with Crippen molar-refractivity contribution in [3.8, 4) is 0 Å². The lowest BCUT2D eigenvalue weighted by molar-refractivity contribution is 0.632. The molecule has 0 unspecified atom stereocenters. The van der Waals surface area contributed by atoms with Gasteiger partial charge in [-0.05, 0) is 24.5 Å². The molecule has 0 amide bonds. The summed E-state index contributed by atoms with van der Waals surface area (Å²) in [7, 11) is 0. The molecular formula is C12H17N3. The maximum atomic E-state index is 5.78. The minimum absolute atomic E-state index is 0.549. The lowest BCUT2D eigenvalue weighted by atomic mass is 10.1. The van der Waals surface area contributed by atoms with Crippen LogP contribution in [0.1, 0.15) is 25.2 Å². The molecule has 2 aromatic heterocycles. The maximum absolute atomic E-state index is 5.78. The van der Waals surface area contributed by atoms with E-state index in [0.717, 1.165) is 23.5 Å². The Balaban J connectivity index is 2.54. The Labute approximate surface area is 89.9 Å². The van der Waals surface area contributed by atoms with Crippen LogP contribution in [0.3, 0.4) is 0 Å². The van der Waals surface area contributed by atoms with Crippen LogP contribution in [0.25, 0.3) is 5.65 Å². The van der Waals surface area contributed by atoms with Crippen LogP contribution in [0.15, 0.2) is 24.4 Å². The van der Waals surface area contributed by atoms with Gasteiger partial charge in [0.15, 0.2) is 0 Å². The molecule has 0 saturated heterocycles. The minimum atomic E-state index is 0.549. The van der Waals surface area contributed by atoms with Crippen molar-refractivity contribution >= 4 is 5.65 Å². The predicted octanol–water partition coefficient (Wildman–Crippen LogP) is 1.99. The molecule has 0 fully saturated rings. The summed E-state index contributed by atoms with van der Waals surface area (Å²) in [6.07, 6.45) is 3.02. The lowest BCUT2D eigenvalue weighted by Crippen LogP contribution is -2.06. The first-order chi connectivity index (χ1) is 7.22. The summed E-state index contributed by atoms with van der Waals surface area (Å²) in [5.41, 5.74) is 9.05. The molecule has 0 atom stereocenters. The Morgan fingerprint density at radius 1 is 1.40 bits per heavy atom. The molecule has 0 aliphatic carbocycles. The Bertz CT molecular complexity index is 457. The minimum Gasteiger partial charge on any atom is -0.325 e. The number of pyridine rings is 1. The van der Waals surface area contributed by atoms with Crippen molar-refractivity contribution in [1.82, 2.24) is 9.38 Å². The summed E-state index contributed by atoms with van der Waals surface area (Å²) in [5.74, 6) is 0.611. The standard InChI is InChI=1S/C12H17N3/c1-9(2)7-10-11(8-13)15-6-4-3-5-12(15)14-10/h3-6,9H,7-8,13H2,1-2H3. The summed E-state index contributed by atoms with van der Waals surface area (Å²) in [6, 6.07) is 6.03. The van der Waals surface area contributed by atoms with Crippen molar-refractivity contribution in [3.63, 3.8) is 0 Å². The normalized spacial score (nSPS) is 11.5. The van der Waals surface area contributed by atoms with Crippen LogP contribution in [0, 0.1) is 5.92 Å². The molecule has 2 aromatic rings. The molecule has 80 valence electrons. The zero-order valence-electron chi connectivity index (χ0n) is 9.27. The SMILES string of the molecule is CC(C)Cc1nc2ccccn2c1CN. The largest absolute Gasteiger partial charge is 0.325 e. The molecule has 2 N–H and O–H groups in total. The summed E-state index contributed by atoms with van der Waals surface area (Å²) < 4.78 is 2.08. The summed E-state index contributed by atoms with van der Waals surface area (Å²) >= 11 is 0. The fourth-order valence-electron chi connectivity index (χ4n) is 1.86. The summed E-state index contributed by atoms with van der Waals surface area (Å²) in [5, 5.41) is 0. The van der Waals surface area contributed by atoms with Gasteiger partial charge in [-0.25, -0.2) is 4.98 Å². The topological polar surface area (TPSA) is 43.3 Å². The van der Waals surface area contributed by atoms with Crippen molar-refractivity contribution < 1.29 is 0 Å². The fourth-order valence-corrected chi connectivity index (χ4v) is 1.86. The second kappa shape index (κ2) is 4.03. The van der Waals surface area contributed by atoms with Crippen molar-refractivity contribution in [1.29, 1.82) is 0 Å². The highest BCUT2D eigenvalue weighted by Crippen LogP contribution is 2.15. The van der Waals surface area contributed by atoms with E-state index >= 15 is 0 Å². The Hall–Kier alpha value is -1.35. The van der Waals surface area contributed by atoms with Crippen LogP contribution >= 0.6 is 0 Å². The van der Waals surface area contributed by atoms with Crippen molar-refractivity contribution in [3.05, 3.63) is 35.8 Å². The molecule has 0 saturated carbocycles. The second-order valence-electron chi connectivity index (χ2n) is 4.24. The highest BCUT2D eigenvalue weighted by molar-refractivity contribution is 5.43. The van der Waals surface area contributed by atoms with Crippen LogP contribution in [0.4, 0.5) is 0 Å². The van der Waals surface area contributed by atoms with Gasteiger partial charge < -0.3 is 10.1 Å². The molecule has 3 nitrogen and oxygen atoms in total. The second-order valence-corrected chi connectivity index (χ2v) is 4.24. The molecule has 0 aromatic carbocycles. The third-order valence-corrected chi connectivity index (χ3v) is 2.51. The predicted molar refractivity (Wildman–Crippen MR) is 61.6 cm³/mol. The first kappa shape index (κ1) is 10.2. The van der Waals surface area contributed by atoms with Gasteiger partial charge >= 0.3 is 0 Å². The first-order valence-corrected chi connectivity index (χ1v) is 5.37. The number of imidazole rings is 1. The van der Waals surface area contributed by atoms with Gasteiger partial charge in [-0.1, -0.05) is 19.9 Å². The molecule has 2 heterocycles. The maximum Gasteiger partial charge on any atom is 0.137 e. The van der Waals surface area contributed by atoms with Crippen LogP contribution in [0.5, 0.6) is 0 Å². The molecular weight excluding hydrogens is 186 g/mol. The van der Waals surface area contributed by atoms with E-state index in [0.29, 0.717) is 12.5 Å². The fraction of sp³-hybridized carbons (Fsp3) is 0.417. The molecule has 0 bridgehead atoms. The van der Waals surface area contributed by atoms with Crippen molar-refractivity contribution in [2.45, 2.75) is 26.8 Å². The van der Waals surface area contributed by atoms with Gasteiger partial charge in [0.1, 0.15) is 5.65 Å². The van der Waals surface area contributed by atoms with Crippen LogP contribution in [-0.2, 0) is 13.0 Å². The lowest BCUT2D eigenvalue weighted by Gasteiger charge is -2.04. The molecule has 0 radical (unpaired) electrons. The Kier molecular flexibility index (Phi) is 2.73. The Morgan fingerprint density at radius 3 is 2.87 bits per heavy atom. The van der Waals surface area contributed by atoms with Crippen molar-refractivity contribution in [2.75, 3.05) is 0 Å². The summed E-state index contributed by atoms with van der Waals surface area (Å²) in [4.78, 5) is 4.61. The van der Waals surface area contributed by atoms with E-state index in [2.05, 4.69) is 23.2 Å². The number of aromatic nitrogens is 2. The van der Waals surface area contributed by atoms with E-state index in [4.69, 9.17) is 5.73 Å². The first-order valence-electron chi connectivity index (χ1n) is 5.37. The van der Waals surface area contributed by atoms with Gasteiger partial charge in [0.05, 0.1) is 11.4 Å². The molecule has 0 aliphatic heterocycles. The van der Waals surface area contributed by atoms with E-state index in [1.54, 1.807) is 0 Å². The zero-order chi connectivity index (χ0) is 10.8. The molecule has 2 rings (SSSR count).